The zero-order valence-corrected chi connectivity index (χ0v) is 22.0. The Morgan fingerprint density at radius 3 is 2.77 bits per heavy atom. The number of nitrogens with one attached hydrogen (secondary N) is 2. The molecule has 3 rings (SSSR count). The second-order valence-corrected chi connectivity index (χ2v) is 8.85. The topological polar surface area (TPSA) is 70.4 Å². The molecule has 7 nitrogen and oxygen atoms in total. The molecule has 1 aliphatic heterocycles. The normalized spacial score (nSPS) is 17.3. The monoisotopic (exact) mass is 557 g/mol. The van der Waals surface area contributed by atoms with Crippen molar-refractivity contribution in [2.45, 2.75) is 45.3 Å². The molecular formula is C22H36IN7S. The van der Waals surface area contributed by atoms with Gasteiger partial charge in [0.05, 0.1) is 0 Å². The fourth-order valence-corrected chi connectivity index (χ4v) is 4.10. The number of benzene rings is 1. The summed E-state index contributed by atoms with van der Waals surface area (Å²) in [7, 11) is 1.99. The van der Waals surface area contributed by atoms with Gasteiger partial charge < -0.3 is 15.2 Å². The zero-order chi connectivity index (χ0) is 21.2. The second-order valence-electron chi connectivity index (χ2n) is 7.86. The highest BCUT2D eigenvalue weighted by Crippen LogP contribution is 2.14. The Hall–Kier alpha value is -1.33. The number of thioether (sulfide) groups is 1. The molecule has 1 saturated heterocycles. The number of likely N-dealkylation sites (tertiary alicyclic amines) is 1. The van der Waals surface area contributed by atoms with Crippen molar-refractivity contribution in [1.82, 2.24) is 30.3 Å². The number of guanidine groups is 1. The molecule has 2 aromatic rings. The largest absolute Gasteiger partial charge is 0.356 e. The molecule has 0 radical (unpaired) electrons. The summed E-state index contributed by atoms with van der Waals surface area (Å²) in [6, 6.07) is 11.1. The molecule has 31 heavy (non-hydrogen) atoms. The van der Waals surface area contributed by atoms with Gasteiger partial charge in [-0.05, 0) is 50.3 Å². The molecule has 0 amide bonds. The lowest BCUT2D eigenvalue weighted by atomic mass is 10.0. The molecule has 1 fully saturated rings. The third-order valence-electron chi connectivity index (χ3n) is 5.47. The number of aromatic nitrogens is 3. The number of nitrogens with zero attached hydrogens (tertiary/aromatic N) is 5. The van der Waals surface area contributed by atoms with E-state index in [9.17, 15) is 0 Å². The van der Waals surface area contributed by atoms with E-state index in [1.807, 2.05) is 30.3 Å². The van der Waals surface area contributed by atoms with Crippen molar-refractivity contribution in [2.75, 3.05) is 31.6 Å². The summed E-state index contributed by atoms with van der Waals surface area (Å²) in [5, 5.41) is 15.6. The Bertz CT molecular complexity index is 796. The molecule has 1 atom stereocenters. The van der Waals surface area contributed by atoms with Crippen LogP contribution in [0, 0.1) is 6.92 Å². The average molecular weight is 558 g/mol. The van der Waals surface area contributed by atoms with Crippen LogP contribution in [0.3, 0.4) is 0 Å². The fourth-order valence-electron chi connectivity index (χ4n) is 3.67. The highest BCUT2D eigenvalue weighted by molar-refractivity contribution is 14.0. The maximum Gasteiger partial charge on any atom is 0.191 e. The van der Waals surface area contributed by atoms with Gasteiger partial charge in [-0.3, -0.25) is 4.90 Å². The van der Waals surface area contributed by atoms with Gasteiger partial charge >= 0.3 is 0 Å². The molecule has 0 bridgehead atoms. The van der Waals surface area contributed by atoms with Gasteiger partial charge in [-0.25, -0.2) is 4.99 Å². The quantitative estimate of drug-likeness (QED) is 0.214. The van der Waals surface area contributed by atoms with Crippen LogP contribution in [0.2, 0.25) is 0 Å². The van der Waals surface area contributed by atoms with Crippen molar-refractivity contribution < 1.29 is 0 Å². The minimum Gasteiger partial charge on any atom is -0.356 e. The molecule has 172 valence electrons. The summed E-state index contributed by atoms with van der Waals surface area (Å²) in [4.78, 5) is 7.35. The predicted molar refractivity (Wildman–Crippen MR) is 141 cm³/mol. The molecule has 1 unspecified atom stereocenters. The van der Waals surface area contributed by atoms with Crippen LogP contribution in [0.15, 0.2) is 35.3 Å². The number of aliphatic imine (C=N–C) groups is 1. The smallest absolute Gasteiger partial charge is 0.191 e. The summed E-state index contributed by atoms with van der Waals surface area (Å²) in [5.41, 5.74) is 1.37. The minimum absolute atomic E-state index is 0. The van der Waals surface area contributed by atoms with Crippen molar-refractivity contribution >= 4 is 41.7 Å². The second kappa shape index (κ2) is 13.9. The van der Waals surface area contributed by atoms with Crippen LogP contribution in [0.5, 0.6) is 0 Å². The maximum absolute atomic E-state index is 4.81. The number of aryl methyl sites for hydroxylation is 1. The van der Waals surface area contributed by atoms with Crippen molar-refractivity contribution in [2.24, 2.45) is 12.0 Å². The number of rotatable bonds is 9. The van der Waals surface area contributed by atoms with E-state index in [4.69, 9.17) is 4.99 Å². The summed E-state index contributed by atoms with van der Waals surface area (Å²) < 4.78 is 2.00. The van der Waals surface area contributed by atoms with Gasteiger partial charge in [0, 0.05) is 32.7 Å². The van der Waals surface area contributed by atoms with Gasteiger partial charge in [-0.15, -0.1) is 34.2 Å². The van der Waals surface area contributed by atoms with Crippen LogP contribution >= 0.6 is 35.7 Å². The molecule has 1 aromatic carbocycles. The van der Waals surface area contributed by atoms with E-state index in [-0.39, 0.29) is 24.0 Å². The molecular weight excluding hydrogens is 521 g/mol. The van der Waals surface area contributed by atoms with Gasteiger partial charge in [-0.2, -0.15) is 11.8 Å². The van der Waals surface area contributed by atoms with E-state index in [0.29, 0.717) is 12.6 Å². The molecule has 1 aliphatic rings. The van der Waals surface area contributed by atoms with Crippen LogP contribution in [0.1, 0.15) is 36.5 Å². The Morgan fingerprint density at radius 1 is 1.26 bits per heavy atom. The summed E-state index contributed by atoms with van der Waals surface area (Å²) in [5.74, 6) is 3.82. The average Bonchev–Trinajstić information content (AvgIpc) is 3.08. The maximum atomic E-state index is 4.81. The lowest BCUT2D eigenvalue weighted by Gasteiger charge is -2.34. The zero-order valence-electron chi connectivity index (χ0n) is 18.9. The Morgan fingerprint density at radius 2 is 2.06 bits per heavy atom. The van der Waals surface area contributed by atoms with Crippen LogP contribution in [-0.4, -0.2) is 63.3 Å². The van der Waals surface area contributed by atoms with Crippen LogP contribution < -0.4 is 10.6 Å². The van der Waals surface area contributed by atoms with Gasteiger partial charge in [0.25, 0.3) is 0 Å². The standard InChI is InChI=1S/C22H35N7S.HI/c1-18-26-27-21(28(18)2)15-24-22(23-12-8-14-30-3)25-20-11-7-13-29(17-20)16-19-9-5-4-6-10-19;/h4-6,9-10,20H,7-8,11-17H2,1-3H3,(H2,23,24,25);1H. The highest BCUT2D eigenvalue weighted by atomic mass is 127. The molecule has 0 aliphatic carbocycles. The van der Waals surface area contributed by atoms with Gasteiger partial charge in [-0.1, -0.05) is 30.3 Å². The first kappa shape index (κ1) is 25.9. The number of hydrogen-bond donors (Lipinski definition) is 2. The summed E-state index contributed by atoms with van der Waals surface area (Å²) >= 11 is 1.88. The number of piperidine rings is 1. The molecule has 1 aromatic heterocycles. The molecule has 0 saturated carbocycles. The first-order valence-corrected chi connectivity index (χ1v) is 12.2. The van der Waals surface area contributed by atoms with E-state index in [0.717, 1.165) is 56.0 Å². The molecule has 9 heteroatoms. The van der Waals surface area contributed by atoms with E-state index < -0.39 is 0 Å². The fraction of sp³-hybridized carbons (Fsp3) is 0.591. The summed E-state index contributed by atoms with van der Waals surface area (Å²) in [6.45, 7) is 6.59. The highest BCUT2D eigenvalue weighted by Gasteiger charge is 2.21. The number of hydrogen-bond acceptors (Lipinski definition) is 5. The van der Waals surface area contributed by atoms with E-state index in [2.05, 4.69) is 62.3 Å². The molecule has 2 heterocycles. The van der Waals surface area contributed by atoms with Crippen LogP contribution in [0.25, 0.3) is 0 Å². The van der Waals surface area contributed by atoms with E-state index in [1.165, 1.54) is 18.4 Å². The van der Waals surface area contributed by atoms with Gasteiger partial charge in [0.15, 0.2) is 11.8 Å². The molecule has 0 spiro atoms. The van der Waals surface area contributed by atoms with Crippen molar-refractivity contribution in [3.63, 3.8) is 0 Å². The SMILES string of the molecule is CSCCCNC(=NCc1nnc(C)n1C)NC1CCCN(Cc2ccccc2)C1.I. The van der Waals surface area contributed by atoms with Crippen molar-refractivity contribution in [3.8, 4) is 0 Å². The van der Waals surface area contributed by atoms with E-state index >= 15 is 0 Å². The first-order chi connectivity index (χ1) is 14.7. The Labute approximate surface area is 207 Å². The van der Waals surface area contributed by atoms with Gasteiger partial charge in [0.1, 0.15) is 12.4 Å². The van der Waals surface area contributed by atoms with Crippen molar-refractivity contribution in [1.29, 1.82) is 0 Å². The Kier molecular flexibility index (Phi) is 11.7. The third-order valence-corrected chi connectivity index (χ3v) is 6.17. The lowest BCUT2D eigenvalue weighted by Crippen LogP contribution is -2.51. The van der Waals surface area contributed by atoms with E-state index in [1.54, 1.807) is 0 Å². The van der Waals surface area contributed by atoms with Crippen LogP contribution in [-0.2, 0) is 20.1 Å². The first-order valence-electron chi connectivity index (χ1n) is 10.8. The third kappa shape index (κ3) is 8.61. The van der Waals surface area contributed by atoms with Gasteiger partial charge in [0.2, 0.25) is 0 Å². The molecule has 2 N–H and O–H groups in total. The van der Waals surface area contributed by atoms with Crippen LogP contribution in [0.4, 0.5) is 0 Å². The number of halogens is 1. The predicted octanol–water partition coefficient (Wildman–Crippen LogP) is 3.19. The summed E-state index contributed by atoms with van der Waals surface area (Å²) in [6.07, 6.45) is 5.63. The lowest BCUT2D eigenvalue weighted by molar-refractivity contribution is 0.192. The Balaban J connectivity index is 0.00000341. The minimum atomic E-state index is 0. The van der Waals surface area contributed by atoms with Crippen molar-refractivity contribution in [3.05, 3.63) is 47.5 Å².